The van der Waals surface area contributed by atoms with Crippen LogP contribution in [0.2, 0.25) is 0 Å². The minimum atomic E-state index is -1.41. The van der Waals surface area contributed by atoms with Crippen molar-refractivity contribution in [3.05, 3.63) is 9.81 Å². The number of hydrogen-bond donors (Lipinski definition) is 0. The third kappa shape index (κ3) is 1.35. The summed E-state index contributed by atoms with van der Waals surface area (Å²) >= 11 is 0. The van der Waals surface area contributed by atoms with Gasteiger partial charge in [0.1, 0.15) is 0 Å². The second kappa shape index (κ2) is 3.24. The highest BCUT2D eigenvalue weighted by Crippen LogP contribution is 2.21. The predicted molar refractivity (Wildman–Crippen MR) is 44.4 cm³/mol. The minimum Gasteiger partial charge on any atom is -0.299 e. The first-order valence-corrected chi connectivity index (χ1v) is 3.73. The molecule has 6 nitrogen and oxygen atoms in total. The van der Waals surface area contributed by atoms with E-state index in [9.17, 15) is 9.81 Å². The second-order valence-corrected chi connectivity index (χ2v) is 3.12. The first kappa shape index (κ1) is 9.21. The Labute approximate surface area is 70.5 Å². The zero-order valence-corrected chi connectivity index (χ0v) is 7.23. The summed E-state index contributed by atoms with van der Waals surface area (Å²) in [6.45, 7) is 1.73. The molecule has 0 radical (unpaired) electrons. The van der Waals surface area contributed by atoms with E-state index < -0.39 is 5.79 Å². The van der Waals surface area contributed by atoms with Crippen LogP contribution in [0.15, 0.2) is 10.4 Å². The minimum absolute atomic E-state index is 0.274. The van der Waals surface area contributed by atoms with Crippen LogP contribution in [0.1, 0.15) is 0 Å². The number of piperazine rings is 1. The lowest BCUT2D eigenvalue weighted by atomic mass is 10.2. The molecule has 12 heavy (non-hydrogen) atoms. The molecule has 0 aliphatic carbocycles. The quantitative estimate of drug-likeness (QED) is 0.552. The van der Waals surface area contributed by atoms with Gasteiger partial charge in [0.05, 0.1) is 6.54 Å². The molecule has 0 amide bonds. The fourth-order valence-electron chi connectivity index (χ4n) is 1.28. The van der Waals surface area contributed by atoms with Gasteiger partial charge in [-0.05, 0) is 24.4 Å². The summed E-state index contributed by atoms with van der Waals surface area (Å²) in [6, 6.07) is 0. The maximum absolute atomic E-state index is 10.5. The first-order valence-electron chi connectivity index (χ1n) is 3.73. The predicted octanol–water partition coefficient (Wildman–Crippen LogP) is 0.0502. The van der Waals surface area contributed by atoms with E-state index >= 15 is 0 Å². The zero-order chi connectivity index (χ0) is 9.19. The lowest BCUT2D eigenvalue weighted by Crippen LogP contribution is -2.57. The second-order valence-electron chi connectivity index (χ2n) is 3.12. The Kier molecular flexibility index (Phi) is 2.49. The van der Waals surface area contributed by atoms with Crippen molar-refractivity contribution in [1.82, 2.24) is 9.80 Å². The monoisotopic (exact) mass is 172 g/mol. The van der Waals surface area contributed by atoms with Crippen molar-refractivity contribution in [2.45, 2.75) is 5.79 Å². The zero-order valence-electron chi connectivity index (χ0n) is 7.23. The summed E-state index contributed by atoms with van der Waals surface area (Å²) in [7, 11) is 3.51. The fraction of sp³-hybridized carbons (Fsp3) is 1.00. The standard InChI is InChI=1S/C6H12N4O2/c1-9-3-4-10(2)6(5-9,7-11)8-12/h3-5H2,1-2H3. The molecular weight excluding hydrogens is 160 g/mol. The van der Waals surface area contributed by atoms with E-state index in [0.29, 0.717) is 6.54 Å². The molecule has 0 unspecified atom stereocenters. The Hall–Kier alpha value is -0.880. The van der Waals surface area contributed by atoms with Crippen LogP contribution in [0, 0.1) is 9.81 Å². The summed E-state index contributed by atoms with van der Waals surface area (Å²) in [6.07, 6.45) is 0. The van der Waals surface area contributed by atoms with E-state index in [1.165, 1.54) is 0 Å². The molecule has 6 heteroatoms. The number of nitrogens with zero attached hydrogens (tertiary/aromatic N) is 4. The normalized spacial score (nSPS) is 25.2. The van der Waals surface area contributed by atoms with Gasteiger partial charge in [-0.2, -0.15) is 0 Å². The summed E-state index contributed by atoms with van der Waals surface area (Å²) in [5.41, 5.74) is 0. The van der Waals surface area contributed by atoms with Crippen LogP contribution < -0.4 is 0 Å². The van der Waals surface area contributed by atoms with Gasteiger partial charge in [0.15, 0.2) is 0 Å². The molecule has 0 aromatic rings. The van der Waals surface area contributed by atoms with Gasteiger partial charge in [0.2, 0.25) is 0 Å². The number of hydrogen-bond acceptors (Lipinski definition) is 6. The molecule has 0 spiro atoms. The van der Waals surface area contributed by atoms with Gasteiger partial charge in [-0.25, -0.2) is 0 Å². The Morgan fingerprint density at radius 2 is 1.75 bits per heavy atom. The van der Waals surface area contributed by atoms with Gasteiger partial charge < -0.3 is 0 Å². The molecule has 0 N–H and O–H groups in total. The molecule has 0 bridgehead atoms. The van der Waals surface area contributed by atoms with Crippen molar-refractivity contribution in [3.63, 3.8) is 0 Å². The van der Waals surface area contributed by atoms with Crippen LogP contribution in [0.4, 0.5) is 0 Å². The van der Waals surface area contributed by atoms with Gasteiger partial charge >= 0.3 is 0 Å². The van der Waals surface area contributed by atoms with E-state index in [0.717, 1.165) is 6.54 Å². The van der Waals surface area contributed by atoms with Crippen LogP contribution in [0.5, 0.6) is 0 Å². The number of likely N-dealkylation sites (N-methyl/N-ethyl adjacent to an activating group) is 2. The largest absolute Gasteiger partial charge is 0.299 e. The third-order valence-corrected chi connectivity index (χ3v) is 2.20. The third-order valence-electron chi connectivity index (χ3n) is 2.20. The molecule has 0 saturated carbocycles. The molecule has 1 fully saturated rings. The SMILES string of the molecule is CN1CCN(C)C(N=O)(N=O)C1. The van der Waals surface area contributed by atoms with E-state index in [2.05, 4.69) is 10.4 Å². The van der Waals surface area contributed by atoms with Crippen LogP contribution in [-0.2, 0) is 0 Å². The van der Waals surface area contributed by atoms with Gasteiger partial charge in [0.25, 0.3) is 5.79 Å². The average molecular weight is 172 g/mol. The highest BCUT2D eigenvalue weighted by Gasteiger charge is 2.42. The highest BCUT2D eigenvalue weighted by atomic mass is 16.3. The Morgan fingerprint density at radius 3 is 2.17 bits per heavy atom. The molecule has 1 aliphatic rings. The van der Waals surface area contributed by atoms with Crippen molar-refractivity contribution >= 4 is 0 Å². The van der Waals surface area contributed by atoms with E-state index in [1.54, 1.807) is 11.9 Å². The Bertz CT molecular complexity index is 188. The fourth-order valence-corrected chi connectivity index (χ4v) is 1.28. The van der Waals surface area contributed by atoms with Crippen molar-refractivity contribution in [2.24, 2.45) is 10.4 Å². The van der Waals surface area contributed by atoms with Crippen molar-refractivity contribution in [3.8, 4) is 0 Å². The van der Waals surface area contributed by atoms with E-state index in [1.807, 2.05) is 11.9 Å². The number of rotatable bonds is 2. The lowest BCUT2D eigenvalue weighted by Gasteiger charge is -2.38. The Balaban J connectivity index is 2.82. The molecule has 0 atom stereocenters. The van der Waals surface area contributed by atoms with Crippen molar-refractivity contribution in [1.29, 1.82) is 0 Å². The molecular formula is C6H12N4O2. The molecule has 1 heterocycles. The summed E-state index contributed by atoms with van der Waals surface area (Å²) in [5, 5.41) is 5.57. The van der Waals surface area contributed by atoms with Crippen LogP contribution >= 0.6 is 0 Å². The van der Waals surface area contributed by atoms with Gasteiger partial charge in [-0.3, -0.25) is 9.80 Å². The molecule has 0 aromatic carbocycles. The lowest BCUT2D eigenvalue weighted by molar-refractivity contribution is 0.0374. The molecule has 0 aromatic heterocycles. The van der Waals surface area contributed by atoms with E-state index in [4.69, 9.17) is 0 Å². The van der Waals surface area contributed by atoms with Crippen LogP contribution in [-0.4, -0.2) is 49.3 Å². The molecule has 1 aliphatic heterocycles. The summed E-state index contributed by atoms with van der Waals surface area (Å²) < 4.78 is 0. The highest BCUT2D eigenvalue weighted by molar-refractivity contribution is 4.90. The maximum atomic E-state index is 10.5. The first-order chi connectivity index (χ1) is 5.64. The maximum Gasteiger partial charge on any atom is 0.299 e. The van der Waals surface area contributed by atoms with Crippen LogP contribution in [0.3, 0.4) is 0 Å². The Morgan fingerprint density at radius 1 is 1.17 bits per heavy atom. The molecule has 1 rings (SSSR count). The van der Waals surface area contributed by atoms with Crippen molar-refractivity contribution < 1.29 is 0 Å². The van der Waals surface area contributed by atoms with Crippen molar-refractivity contribution in [2.75, 3.05) is 33.7 Å². The topological polar surface area (TPSA) is 65.3 Å². The molecule has 68 valence electrons. The van der Waals surface area contributed by atoms with Gasteiger partial charge in [-0.15, -0.1) is 9.81 Å². The smallest absolute Gasteiger partial charge is 0.299 e. The molecule has 1 saturated heterocycles. The summed E-state index contributed by atoms with van der Waals surface area (Å²) in [4.78, 5) is 24.4. The van der Waals surface area contributed by atoms with Gasteiger partial charge in [-0.1, -0.05) is 0 Å². The van der Waals surface area contributed by atoms with Gasteiger partial charge in [0, 0.05) is 13.1 Å². The average Bonchev–Trinajstić information content (AvgIpc) is 2.09. The summed E-state index contributed by atoms with van der Waals surface area (Å²) in [5.74, 6) is -1.41. The van der Waals surface area contributed by atoms with E-state index in [-0.39, 0.29) is 6.54 Å². The number of nitroso groups, excluding NO2 is 2. The van der Waals surface area contributed by atoms with Crippen LogP contribution in [0.25, 0.3) is 0 Å².